The largest absolute Gasteiger partial charge is 0.371 e. The normalized spacial score (nSPS) is 10.5. The van der Waals surface area contributed by atoms with Crippen LogP contribution < -0.4 is 4.90 Å². The van der Waals surface area contributed by atoms with E-state index in [1.165, 1.54) is 0 Å². The fourth-order valence-corrected chi connectivity index (χ4v) is 2.66. The molecule has 1 amide bonds. The van der Waals surface area contributed by atoms with E-state index in [9.17, 15) is 4.79 Å². The van der Waals surface area contributed by atoms with Gasteiger partial charge in [-0.2, -0.15) is 0 Å². The smallest absolute Gasteiger partial charge is 0.272 e. The number of hydrogen-bond acceptors (Lipinski definition) is 3. The summed E-state index contributed by atoms with van der Waals surface area (Å²) in [5, 5.41) is 0. The van der Waals surface area contributed by atoms with Crippen molar-refractivity contribution in [2.45, 2.75) is 53.4 Å². The summed E-state index contributed by atoms with van der Waals surface area (Å²) in [5.74, 6) is 0.0542. The first kappa shape index (κ1) is 18.5. The summed E-state index contributed by atoms with van der Waals surface area (Å²) >= 11 is 0. The maximum atomic E-state index is 12.7. The minimum Gasteiger partial charge on any atom is -0.371 e. The average molecular weight is 305 g/mol. The number of carbonyl (C=O) groups excluding carboxylic acids is 1. The highest BCUT2D eigenvalue weighted by Crippen LogP contribution is 2.17. The van der Waals surface area contributed by atoms with Gasteiger partial charge in [0.15, 0.2) is 0 Å². The lowest BCUT2D eigenvalue weighted by Gasteiger charge is -2.25. The molecular weight excluding hydrogens is 274 g/mol. The number of hydrogen-bond donors (Lipinski definition) is 0. The lowest BCUT2D eigenvalue weighted by Crippen LogP contribution is -2.33. The third-order valence-electron chi connectivity index (χ3n) is 3.59. The fraction of sp³-hybridized carbons (Fsp3) is 0.667. The van der Waals surface area contributed by atoms with Crippen LogP contribution in [-0.2, 0) is 0 Å². The van der Waals surface area contributed by atoms with Crippen molar-refractivity contribution in [3.8, 4) is 0 Å². The van der Waals surface area contributed by atoms with Gasteiger partial charge in [-0.3, -0.25) is 9.78 Å². The number of nitrogens with zero attached hydrogens (tertiary/aromatic N) is 3. The van der Waals surface area contributed by atoms with Crippen molar-refractivity contribution in [2.24, 2.45) is 0 Å². The van der Waals surface area contributed by atoms with Crippen molar-refractivity contribution >= 4 is 11.6 Å². The Bertz CT molecular complexity index is 436. The predicted molar refractivity (Wildman–Crippen MR) is 93.5 cm³/mol. The van der Waals surface area contributed by atoms with Crippen LogP contribution in [0.25, 0.3) is 0 Å². The number of pyridine rings is 1. The van der Waals surface area contributed by atoms with E-state index in [2.05, 4.69) is 37.6 Å². The van der Waals surface area contributed by atoms with Gasteiger partial charge in [-0.25, -0.2) is 0 Å². The van der Waals surface area contributed by atoms with Crippen molar-refractivity contribution in [1.29, 1.82) is 0 Å². The summed E-state index contributed by atoms with van der Waals surface area (Å²) in [5.41, 5.74) is 1.67. The molecule has 1 heterocycles. The Labute approximate surface area is 135 Å². The maximum absolute atomic E-state index is 12.7. The standard InChI is InChI=1S/C18H31N3O/c1-5-11-20(12-6-2)16-9-10-19-17(15-16)18(22)21(13-7-3)14-8-4/h9-10,15H,5-8,11-14H2,1-4H3. The van der Waals surface area contributed by atoms with E-state index in [0.29, 0.717) is 5.69 Å². The highest BCUT2D eigenvalue weighted by atomic mass is 16.2. The third kappa shape index (κ3) is 5.32. The zero-order valence-corrected chi connectivity index (χ0v) is 14.6. The topological polar surface area (TPSA) is 36.4 Å². The van der Waals surface area contributed by atoms with Crippen LogP contribution in [0, 0.1) is 0 Å². The van der Waals surface area contributed by atoms with Gasteiger partial charge in [0.1, 0.15) is 5.69 Å². The van der Waals surface area contributed by atoms with Gasteiger partial charge in [-0.1, -0.05) is 27.7 Å². The Morgan fingerprint density at radius 1 is 0.955 bits per heavy atom. The number of amides is 1. The first-order valence-electron chi connectivity index (χ1n) is 8.68. The molecule has 0 atom stereocenters. The quantitative estimate of drug-likeness (QED) is 0.656. The molecule has 1 rings (SSSR count). The first-order chi connectivity index (χ1) is 10.7. The molecule has 0 aliphatic rings. The second kappa shape index (κ2) is 10.2. The molecule has 22 heavy (non-hydrogen) atoms. The molecule has 0 aliphatic carbocycles. The molecule has 0 saturated heterocycles. The van der Waals surface area contributed by atoms with Gasteiger partial charge in [0.2, 0.25) is 0 Å². The van der Waals surface area contributed by atoms with Crippen LogP contribution in [-0.4, -0.2) is 42.0 Å². The summed E-state index contributed by atoms with van der Waals surface area (Å²) in [4.78, 5) is 21.2. The zero-order valence-electron chi connectivity index (χ0n) is 14.6. The molecule has 0 saturated carbocycles. The van der Waals surface area contributed by atoms with E-state index < -0.39 is 0 Å². The monoisotopic (exact) mass is 305 g/mol. The van der Waals surface area contributed by atoms with Gasteiger partial charge >= 0.3 is 0 Å². The van der Waals surface area contributed by atoms with Crippen molar-refractivity contribution in [3.63, 3.8) is 0 Å². The highest BCUT2D eigenvalue weighted by molar-refractivity contribution is 5.93. The summed E-state index contributed by atoms with van der Waals surface area (Å²) < 4.78 is 0. The molecule has 0 radical (unpaired) electrons. The lowest BCUT2D eigenvalue weighted by molar-refractivity contribution is 0.0749. The van der Waals surface area contributed by atoms with Crippen LogP contribution in [0.2, 0.25) is 0 Å². The van der Waals surface area contributed by atoms with Crippen molar-refractivity contribution in [3.05, 3.63) is 24.0 Å². The van der Waals surface area contributed by atoms with Gasteiger partial charge in [0.05, 0.1) is 0 Å². The van der Waals surface area contributed by atoms with Crippen molar-refractivity contribution in [1.82, 2.24) is 9.88 Å². The molecule has 1 aromatic rings. The molecule has 4 heteroatoms. The van der Waals surface area contributed by atoms with Crippen molar-refractivity contribution in [2.75, 3.05) is 31.1 Å². The number of aromatic nitrogens is 1. The molecule has 0 aliphatic heterocycles. The molecule has 124 valence electrons. The Kier molecular flexibility index (Phi) is 8.56. The minimum absolute atomic E-state index is 0.0542. The third-order valence-corrected chi connectivity index (χ3v) is 3.59. The summed E-state index contributed by atoms with van der Waals surface area (Å²) in [6.45, 7) is 12.2. The van der Waals surface area contributed by atoms with Crippen LogP contribution in [0.4, 0.5) is 5.69 Å². The van der Waals surface area contributed by atoms with Gasteiger partial charge in [-0.15, -0.1) is 0 Å². The first-order valence-corrected chi connectivity index (χ1v) is 8.68. The average Bonchev–Trinajstić information content (AvgIpc) is 2.54. The van der Waals surface area contributed by atoms with Gasteiger partial charge in [-0.05, 0) is 37.8 Å². The predicted octanol–water partition coefficient (Wildman–Crippen LogP) is 3.97. The van der Waals surface area contributed by atoms with Gasteiger partial charge in [0.25, 0.3) is 5.91 Å². The molecule has 0 spiro atoms. The van der Waals surface area contributed by atoms with Crippen LogP contribution in [0.1, 0.15) is 63.9 Å². The number of carbonyl (C=O) groups is 1. The molecule has 0 unspecified atom stereocenters. The molecule has 0 fully saturated rings. The zero-order chi connectivity index (χ0) is 16.4. The summed E-state index contributed by atoms with van der Waals surface area (Å²) in [7, 11) is 0. The second-order valence-electron chi connectivity index (χ2n) is 5.68. The molecular formula is C18H31N3O. The molecule has 1 aromatic heterocycles. The Hall–Kier alpha value is -1.58. The van der Waals surface area contributed by atoms with E-state index >= 15 is 0 Å². The molecule has 4 nitrogen and oxygen atoms in total. The number of anilines is 1. The SMILES string of the molecule is CCCN(CCC)C(=O)c1cc(N(CCC)CCC)ccn1. The fourth-order valence-electron chi connectivity index (χ4n) is 2.66. The van der Waals surface area contributed by atoms with Crippen LogP contribution >= 0.6 is 0 Å². The van der Waals surface area contributed by atoms with E-state index in [1.54, 1.807) is 6.20 Å². The molecule has 0 aromatic carbocycles. The summed E-state index contributed by atoms with van der Waals surface area (Å²) in [6.07, 6.45) is 5.91. The summed E-state index contributed by atoms with van der Waals surface area (Å²) in [6, 6.07) is 3.96. The minimum atomic E-state index is 0.0542. The van der Waals surface area contributed by atoms with Gasteiger partial charge in [0, 0.05) is 38.1 Å². The van der Waals surface area contributed by atoms with E-state index in [4.69, 9.17) is 0 Å². The molecule has 0 bridgehead atoms. The number of rotatable bonds is 10. The van der Waals surface area contributed by atoms with Crippen LogP contribution in [0.3, 0.4) is 0 Å². The van der Waals surface area contributed by atoms with Crippen LogP contribution in [0.5, 0.6) is 0 Å². The van der Waals surface area contributed by atoms with Crippen LogP contribution in [0.15, 0.2) is 18.3 Å². The Morgan fingerprint density at radius 3 is 2.00 bits per heavy atom. The second-order valence-corrected chi connectivity index (χ2v) is 5.68. The van der Waals surface area contributed by atoms with E-state index in [0.717, 1.165) is 57.5 Å². The maximum Gasteiger partial charge on any atom is 0.272 e. The van der Waals surface area contributed by atoms with E-state index in [-0.39, 0.29) is 5.91 Å². The Morgan fingerprint density at radius 2 is 1.50 bits per heavy atom. The van der Waals surface area contributed by atoms with E-state index in [1.807, 2.05) is 17.0 Å². The molecule has 0 N–H and O–H groups in total. The lowest BCUT2D eigenvalue weighted by atomic mass is 10.2. The highest BCUT2D eigenvalue weighted by Gasteiger charge is 2.17. The Balaban J connectivity index is 2.95. The van der Waals surface area contributed by atoms with Gasteiger partial charge < -0.3 is 9.80 Å². The van der Waals surface area contributed by atoms with Crippen molar-refractivity contribution < 1.29 is 4.79 Å².